The van der Waals surface area contributed by atoms with Gasteiger partial charge >= 0.3 is 0 Å². The first-order valence-corrected chi connectivity index (χ1v) is 13.9. The predicted octanol–water partition coefficient (Wildman–Crippen LogP) is 2.69. The van der Waals surface area contributed by atoms with Gasteiger partial charge in [0.05, 0.1) is 17.6 Å². The molecule has 1 aliphatic carbocycles. The second-order valence-electron chi connectivity index (χ2n) is 9.85. The lowest BCUT2D eigenvalue weighted by atomic mass is 10.00. The van der Waals surface area contributed by atoms with Gasteiger partial charge in [-0.05, 0) is 36.8 Å². The van der Waals surface area contributed by atoms with Crippen LogP contribution in [0.5, 0.6) is 0 Å². The molecule has 2 N–H and O–H groups in total. The molecule has 1 unspecified atom stereocenters. The van der Waals surface area contributed by atoms with Gasteiger partial charge in [-0.25, -0.2) is 8.42 Å². The Bertz CT molecular complexity index is 900. The van der Waals surface area contributed by atoms with Crippen LogP contribution in [-0.4, -0.2) is 62.9 Å². The van der Waals surface area contributed by atoms with Crippen LogP contribution in [0.1, 0.15) is 58.8 Å². The number of benzene rings is 1. The van der Waals surface area contributed by atoms with Crippen molar-refractivity contribution in [3.05, 3.63) is 30.3 Å². The lowest BCUT2D eigenvalue weighted by Crippen LogP contribution is -2.52. The number of carbonyl (C=O) groups is 2. The topological polar surface area (TPSA) is 105 Å². The third-order valence-corrected chi connectivity index (χ3v) is 8.48. The molecule has 0 spiro atoms. The number of amides is 2. The Morgan fingerprint density at radius 2 is 1.85 bits per heavy atom. The summed E-state index contributed by atoms with van der Waals surface area (Å²) in [6.07, 6.45) is 6.31. The average Bonchev–Trinajstić information content (AvgIpc) is 3.35. The van der Waals surface area contributed by atoms with Crippen LogP contribution in [-0.2, 0) is 24.3 Å². The fraction of sp³-hybridized carbons (Fsp3) is 0.680. The molecule has 34 heavy (non-hydrogen) atoms. The van der Waals surface area contributed by atoms with E-state index in [1.807, 2.05) is 13.8 Å². The molecule has 2 fully saturated rings. The number of nitrogens with one attached hydrogen (secondary N) is 2. The maximum absolute atomic E-state index is 12.9. The van der Waals surface area contributed by atoms with Crippen molar-refractivity contribution in [3.8, 4) is 0 Å². The molecule has 1 aromatic rings. The second kappa shape index (κ2) is 12.7. The van der Waals surface area contributed by atoms with Crippen molar-refractivity contribution in [1.82, 2.24) is 14.9 Å². The van der Waals surface area contributed by atoms with Crippen molar-refractivity contribution >= 4 is 21.8 Å². The molecular weight excluding hydrogens is 454 g/mol. The third kappa shape index (κ3) is 7.78. The van der Waals surface area contributed by atoms with Gasteiger partial charge in [0.15, 0.2) is 0 Å². The van der Waals surface area contributed by atoms with Gasteiger partial charge in [0.25, 0.3) is 0 Å². The van der Waals surface area contributed by atoms with Gasteiger partial charge in [0.2, 0.25) is 21.8 Å². The normalized spacial score (nSPS) is 20.9. The van der Waals surface area contributed by atoms with Gasteiger partial charge < -0.3 is 15.4 Å². The molecule has 1 saturated heterocycles. The monoisotopic (exact) mass is 493 g/mol. The van der Waals surface area contributed by atoms with E-state index in [1.165, 1.54) is 30.0 Å². The van der Waals surface area contributed by atoms with E-state index in [0.717, 1.165) is 6.42 Å². The van der Waals surface area contributed by atoms with E-state index < -0.39 is 22.2 Å². The van der Waals surface area contributed by atoms with Gasteiger partial charge in [-0.1, -0.05) is 57.7 Å². The largest absolute Gasteiger partial charge is 0.374 e. The maximum atomic E-state index is 12.9. The fourth-order valence-corrected chi connectivity index (χ4v) is 6.19. The van der Waals surface area contributed by atoms with Crippen LogP contribution in [0.4, 0.5) is 0 Å². The van der Waals surface area contributed by atoms with E-state index in [2.05, 4.69) is 10.6 Å². The minimum absolute atomic E-state index is 0.0817. The van der Waals surface area contributed by atoms with Gasteiger partial charge in [-0.15, -0.1) is 0 Å². The third-order valence-electron chi connectivity index (χ3n) is 6.60. The molecule has 2 amide bonds. The van der Waals surface area contributed by atoms with Crippen LogP contribution in [0.25, 0.3) is 0 Å². The molecule has 9 heteroatoms. The molecule has 1 saturated carbocycles. The maximum Gasteiger partial charge on any atom is 0.243 e. The van der Waals surface area contributed by atoms with Crippen molar-refractivity contribution in [1.29, 1.82) is 0 Å². The summed E-state index contributed by atoms with van der Waals surface area (Å²) in [5.41, 5.74) is 0. The first-order chi connectivity index (χ1) is 16.3. The van der Waals surface area contributed by atoms with Gasteiger partial charge in [-0.2, -0.15) is 4.31 Å². The number of rotatable bonds is 11. The lowest BCUT2D eigenvalue weighted by molar-refractivity contribution is -0.130. The zero-order valence-corrected chi connectivity index (χ0v) is 21.2. The van der Waals surface area contributed by atoms with Crippen LogP contribution in [0, 0.1) is 11.8 Å². The van der Waals surface area contributed by atoms with Crippen molar-refractivity contribution in [3.63, 3.8) is 0 Å². The number of hydrogen-bond acceptors (Lipinski definition) is 5. The summed E-state index contributed by atoms with van der Waals surface area (Å²) in [6, 6.07) is 7.71. The van der Waals surface area contributed by atoms with Crippen LogP contribution in [0.3, 0.4) is 0 Å². The zero-order chi connectivity index (χ0) is 24.6. The highest BCUT2D eigenvalue weighted by atomic mass is 32.2. The lowest BCUT2D eigenvalue weighted by Gasteiger charge is -2.32. The molecule has 190 valence electrons. The van der Waals surface area contributed by atoms with E-state index in [0.29, 0.717) is 18.8 Å². The Morgan fingerprint density at radius 1 is 1.15 bits per heavy atom. The first-order valence-electron chi connectivity index (χ1n) is 12.5. The van der Waals surface area contributed by atoms with Crippen LogP contribution in [0.15, 0.2) is 35.2 Å². The highest BCUT2D eigenvalue weighted by molar-refractivity contribution is 7.89. The molecule has 8 nitrogen and oxygen atoms in total. The second-order valence-corrected chi connectivity index (χ2v) is 11.8. The average molecular weight is 494 g/mol. The molecule has 0 bridgehead atoms. The molecular formula is C25H39N3O5S. The standard InChI is InChI=1S/C25H39N3O5S/c1-19(2)16-23(27-24(29)13-12-20-8-6-7-9-20)25(30)26-17-21-18-28(14-15-33-21)34(31,32)22-10-4-3-5-11-22/h3-5,10-11,19-21,23H,6-9,12-18H2,1-2H3,(H,26,30)(H,27,29)/t21?,23-/m0/s1. The first kappa shape index (κ1) is 26.6. The summed E-state index contributed by atoms with van der Waals surface area (Å²) >= 11 is 0. The highest BCUT2D eigenvalue weighted by Gasteiger charge is 2.31. The Morgan fingerprint density at radius 3 is 2.53 bits per heavy atom. The number of carbonyl (C=O) groups excluding carboxylic acids is 2. The summed E-state index contributed by atoms with van der Waals surface area (Å²) in [7, 11) is -3.61. The molecule has 1 aliphatic heterocycles. The predicted molar refractivity (Wildman–Crippen MR) is 131 cm³/mol. The van der Waals surface area contributed by atoms with Crippen LogP contribution < -0.4 is 10.6 Å². The van der Waals surface area contributed by atoms with Crippen molar-refractivity contribution < 1.29 is 22.7 Å². The molecule has 0 aromatic heterocycles. The number of sulfonamides is 1. The quantitative estimate of drug-likeness (QED) is 0.493. The van der Waals surface area contributed by atoms with Crippen molar-refractivity contribution in [2.24, 2.45) is 11.8 Å². The molecule has 1 heterocycles. The number of hydrogen-bond donors (Lipinski definition) is 2. The summed E-state index contributed by atoms with van der Waals surface area (Å²) in [4.78, 5) is 25.7. The number of ether oxygens (including phenoxy) is 1. The summed E-state index contributed by atoms with van der Waals surface area (Å²) < 4.78 is 32.9. The van der Waals surface area contributed by atoms with Crippen LogP contribution in [0.2, 0.25) is 0 Å². The van der Waals surface area contributed by atoms with Gasteiger partial charge in [-0.3, -0.25) is 9.59 Å². The Hall–Kier alpha value is -1.97. The van der Waals surface area contributed by atoms with E-state index in [1.54, 1.807) is 30.3 Å². The highest BCUT2D eigenvalue weighted by Crippen LogP contribution is 2.28. The minimum Gasteiger partial charge on any atom is -0.374 e. The van der Waals surface area contributed by atoms with E-state index in [-0.39, 0.29) is 48.9 Å². The molecule has 1 aromatic carbocycles. The summed E-state index contributed by atoms with van der Waals surface area (Å²) in [5, 5.41) is 5.79. The van der Waals surface area contributed by atoms with E-state index in [4.69, 9.17) is 4.74 Å². The van der Waals surface area contributed by atoms with E-state index in [9.17, 15) is 18.0 Å². The zero-order valence-electron chi connectivity index (χ0n) is 20.4. The Labute approximate surface area is 203 Å². The van der Waals surface area contributed by atoms with Crippen LogP contribution >= 0.6 is 0 Å². The summed E-state index contributed by atoms with van der Waals surface area (Å²) in [5.74, 6) is 0.529. The van der Waals surface area contributed by atoms with Gasteiger partial charge in [0.1, 0.15) is 6.04 Å². The number of morpholine rings is 1. The van der Waals surface area contributed by atoms with E-state index >= 15 is 0 Å². The Kier molecular flexibility index (Phi) is 9.91. The van der Waals surface area contributed by atoms with Gasteiger partial charge in [0, 0.05) is 26.1 Å². The SMILES string of the molecule is CC(C)C[C@H](NC(=O)CCC1CCCC1)C(=O)NCC1CN(S(=O)(=O)c2ccccc2)CCO1. The molecule has 2 atom stereocenters. The molecule has 3 rings (SSSR count). The van der Waals surface area contributed by atoms with Crippen molar-refractivity contribution in [2.75, 3.05) is 26.2 Å². The molecule has 0 radical (unpaired) electrons. The smallest absolute Gasteiger partial charge is 0.243 e. The minimum atomic E-state index is -3.61. The summed E-state index contributed by atoms with van der Waals surface area (Å²) in [6.45, 7) is 4.92. The molecule has 2 aliphatic rings. The number of nitrogens with zero attached hydrogens (tertiary/aromatic N) is 1. The van der Waals surface area contributed by atoms with Crippen molar-refractivity contribution in [2.45, 2.75) is 75.8 Å². The fourth-order valence-electron chi connectivity index (χ4n) is 4.72. The Balaban J connectivity index is 1.51.